The molecule has 0 atom stereocenters. The summed E-state index contributed by atoms with van der Waals surface area (Å²) < 4.78 is 0. The average Bonchev–Trinajstić information content (AvgIpc) is 2.94. The number of nitrogens with one attached hydrogen (secondary N) is 1. The number of aryl methyl sites for hydroxylation is 2. The van der Waals surface area contributed by atoms with E-state index in [9.17, 15) is 9.59 Å². The van der Waals surface area contributed by atoms with E-state index in [0.717, 1.165) is 11.1 Å². The van der Waals surface area contributed by atoms with Crippen LogP contribution < -0.4 is 5.32 Å². The molecule has 3 nitrogen and oxygen atoms in total. The fourth-order valence-electron chi connectivity index (χ4n) is 2.22. The zero-order valence-corrected chi connectivity index (χ0v) is 13.5. The van der Waals surface area contributed by atoms with E-state index in [1.807, 2.05) is 51.3 Å². The number of amides is 1. The number of hydrogen-bond donors (Lipinski definition) is 1. The molecule has 0 unspecified atom stereocenters. The van der Waals surface area contributed by atoms with Crippen LogP contribution in [-0.2, 0) is 0 Å². The monoisotopic (exact) mass is 301 g/mol. The van der Waals surface area contributed by atoms with E-state index in [1.54, 1.807) is 6.07 Å². The van der Waals surface area contributed by atoms with Crippen molar-refractivity contribution in [3.8, 4) is 0 Å². The SMILES string of the molecule is Cc1cc(C)c(NC(=O)c2cccs2)c(C(=O)C(C)C)c1. The Morgan fingerprint density at radius 3 is 2.48 bits per heavy atom. The van der Waals surface area contributed by atoms with Crippen LogP contribution in [0.2, 0.25) is 0 Å². The highest BCUT2D eigenvalue weighted by Crippen LogP contribution is 2.26. The lowest BCUT2D eigenvalue weighted by atomic mass is 9.95. The number of ketones is 1. The maximum absolute atomic E-state index is 12.4. The smallest absolute Gasteiger partial charge is 0.265 e. The number of thiophene rings is 1. The molecule has 1 aromatic heterocycles. The molecule has 2 rings (SSSR count). The third kappa shape index (κ3) is 3.39. The molecule has 0 aliphatic heterocycles. The molecule has 1 aromatic carbocycles. The van der Waals surface area contributed by atoms with Gasteiger partial charge >= 0.3 is 0 Å². The molecule has 0 radical (unpaired) electrons. The van der Waals surface area contributed by atoms with Crippen LogP contribution in [0, 0.1) is 19.8 Å². The minimum absolute atomic E-state index is 0.0447. The van der Waals surface area contributed by atoms with Gasteiger partial charge in [-0.15, -0.1) is 11.3 Å². The summed E-state index contributed by atoms with van der Waals surface area (Å²) >= 11 is 1.38. The van der Waals surface area contributed by atoms with Crippen LogP contribution in [0.4, 0.5) is 5.69 Å². The van der Waals surface area contributed by atoms with Gasteiger partial charge in [-0.3, -0.25) is 9.59 Å². The minimum Gasteiger partial charge on any atom is -0.320 e. The first-order chi connectivity index (χ1) is 9.90. The molecule has 0 bridgehead atoms. The zero-order chi connectivity index (χ0) is 15.6. The number of rotatable bonds is 4. The molecule has 110 valence electrons. The van der Waals surface area contributed by atoms with E-state index in [4.69, 9.17) is 0 Å². The van der Waals surface area contributed by atoms with Gasteiger partial charge in [-0.2, -0.15) is 0 Å². The van der Waals surface area contributed by atoms with Crippen molar-refractivity contribution in [1.82, 2.24) is 0 Å². The summed E-state index contributed by atoms with van der Waals surface area (Å²) in [5.74, 6) is -0.235. The predicted octanol–water partition coefficient (Wildman–Crippen LogP) is 4.46. The highest BCUT2D eigenvalue weighted by atomic mass is 32.1. The third-order valence-electron chi connectivity index (χ3n) is 3.25. The highest BCUT2D eigenvalue weighted by molar-refractivity contribution is 7.12. The Morgan fingerprint density at radius 1 is 1.19 bits per heavy atom. The maximum Gasteiger partial charge on any atom is 0.265 e. The fourth-order valence-corrected chi connectivity index (χ4v) is 2.84. The van der Waals surface area contributed by atoms with E-state index in [1.165, 1.54) is 11.3 Å². The molecule has 0 saturated carbocycles. The standard InChI is InChI=1S/C17H19NO2S/c1-10(2)16(19)13-9-11(3)8-12(4)15(13)18-17(20)14-6-5-7-21-14/h5-10H,1-4H3,(H,18,20). The zero-order valence-electron chi connectivity index (χ0n) is 12.7. The third-order valence-corrected chi connectivity index (χ3v) is 4.12. The molecular formula is C17H19NO2S. The molecule has 0 spiro atoms. The van der Waals surface area contributed by atoms with Crippen molar-refractivity contribution in [2.75, 3.05) is 5.32 Å². The van der Waals surface area contributed by atoms with Crippen LogP contribution in [0.3, 0.4) is 0 Å². The van der Waals surface area contributed by atoms with Crippen LogP contribution in [0.5, 0.6) is 0 Å². The Bertz CT molecular complexity index is 672. The quantitative estimate of drug-likeness (QED) is 0.848. The molecule has 0 fully saturated rings. The molecule has 1 amide bonds. The molecular weight excluding hydrogens is 282 g/mol. The summed E-state index contributed by atoms with van der Waals surface area (Å²) in [6.45, 7) is 7.60. The van der Waals surface area contributed by atoms with Crippen LogP contribution in [0.1, 0.15) is 45.0 Å². The number of carbonyl (C=O) groups is 2. The number of anilines is 1. The highest BCUT2D eigenvalue weighted by Gasteiger charge is 2.19. The summed E-state index contributed by atoms with van der Waals surface area (Å²) in [4.78, 5) is 25.3. The Kier molecular flexibility index (Phi) is 4.58. The molecule has 4 heteroatoms. The second-order valence-corrected chi connectivity index (χ2v) is 6.40. The molecule has 2 aromatic rings. The molecule has 1 N–H and O–H groups in total. The van der Waals surface area contributed by atoms with E-state index in [-0.39, 0.29) is 17.6 Å². The summed E-state index contributed by atoms with van der Waals surface area (Å²) in [6, 6.07) is 7.43. The van der Waals surface area contributed by atoms with Crippen molar-refractivity contribution < 1.29 is 9.59 Å². The van der Waals surface area contributed by atoms with Crippen LogP contribution in [0.15, 0.2) is 29.6 Å². The number of benzene rings is 1. The second-order valence-electron chi connectivity index (χ2n) is 5.45. The van der Waals surface area contributed by atoms with Gasteiger partial charge in [0.2, 0.25) is 0 Å². The van der Waals surface area contributed by atoms with Crippen molar-refractivity contribution in [3.63, 3.8) is 0 Å². The number of carbonyl (C=O) groups excluding carboxylic acids is 2. The number of hydrogen-bond acceptors (Lipinski definition) is 3. The first kappa shape index (κ1) is 15.4. The first-order valence-corrected chi connectivity index (χ1v) is 7.78. The van der Waals surface area contributed by atoms with E-state index in [2.05, 4.69) is 5.32 Å². The van der Waals surface area contributed by atoms with Gasteiger partial charge in [-0.1, -0.05) is 26.0 Å². The Labute approximate surface area is 129 Å². The lowest BCUT2D eigenvalue weighted by Crippen LogP contribution is -2.17. The Morgan fingerprint density at radius 2 is 1.90 bits per heavy atom. The average molecular weight is 301 g/mol. The van der Waals surface area contributed by atoms with Gasteiger partial charge in [-0.05, 0) is 42.5 Å². The summed E-state index contributed by atoms with van der Waals surface area (Å²) in [6.07, 6.45) is 0. The summed E-state index contributed by atoms with van der Waals surface area (Å²) in [5.41, 5.74) is 3.14. The van der Waals surface area contributed by atoms with Gasteiger partial charge in [0.05, 0.1) is 10.6 Å². The molecule has 0 aliphatic carbocycles. The van der Waals surface area contributed by atoms with Gasteiger partial charge in [0.15, 0.2) is 5.78 Å². The number of Topliss-reactive ketones (excluding diaryl/α,β-unsaturated/α-hetero) is 1. The second kappa shape index (κ2) is 6.22. The normalized spacial score (nSPS) is 10.7. The Hall–Kier alpha value is -1.94. The molecule has 0 aliphatic rings. The topological polar surface area (TPSA) is 46.2 Å². The van der Waals surface area contributed by atoms with Crippen molar-refractivity contribution in [3.05, 3.63) is 51.2 Å². The Balaban J connectivity index is 2.42. The van der Waals surface area contributed by atoms with Gasteiger partial charge in [0.1, 0.15) is 0 Å². The van der Waals surface area contributed by atoms with E-state index < -0.39 is 0 Å². The van der Waals surface area contributed by atoms with Crippen LogP contribution >= 0.6 is 11.3 Å². The van der Waals surface area contributed by atoms with Crippen molar-refractivity contribution >= 4 is 28.7 Å². The molecule has 0 saturated heterocycles. The maximum atomic E-state index is 12.4. The first-order valence-electron chi connectivity index (χ1n) is 6.90. The fraction of sp³-hybridized carbons (Fsp3) is 0.294. The van der Waals surface area contributed by atoms with Crippen LogP contribution in [0.25, 0.3) is 0 Å². The summed E-state index contributed by atoms with van der Waals surface area (Å²) in [5, 5.41) is 4.75. The van der Waals surface area contributed by atoms with Crippen molar-refractivity contribution in [2.24, 2.45) is 5.92 Å². The summed E-state index contributed by atoms with van der Waals surface area (Å²) in [7, 11) is 0. The molecule has 1 heterocycles. The largest absolute Gasteiger partial charge is 0.320 e. The lowest BCUT2D eigenvalue weighted by molar-refractivity contribution is 0.0940. The minimum atomic E-state index is -0.172. The van der Waals surface area contributed by atoms with Gasteiger partial charge < -0.3 is 5.32 Å². The van der Waals surface area contributed by atoms with Gasteiger partial charge in [0, 0.05) is 11.5 Å². The predicted molar refractivity (Wildman–Crippen MR) is 87.4 cm³/mol. The van der Waals surface area contributed by atoms with Crippen LogP contribution in [-0.4, -0.2) is 11.7 Å². The van der Waals surface area contributed by atoms with E-state index >= 15 is 0 Å². The lowest BCUT2D eigenvalue weighted by Gasteiger charge is -2.15. The molecule has 21 heavy (non-hydrogen) atoms. The van der Waals surface area contributed by atoms with Crippen molar-refractivity contribution in [2.45, 2.75) is 27.7 Å². The van der Waals surface area contributed by atoms with E-state index in [0.29, 0.717) is 16.1 Å². The van der Waals surface area contributed by atoms with Gasteiger partial charge in [-0.25, -0.2) is 0 Å². The van der Waals surface area contributed by atoms with Gasteiger partial charge in [0.25, 0.3) is 5.91 Å². The van der Waals surface area contributed by atoms with Crippen molar-refractivity contribution in [1.29, 1.82) is 0 Å².